The first-order valence-electron chi connectivity index (χ1n) is 13.4. The van der Waals surface area contributed by atoms with Gasteiger partial charge in [-0.15, -0.1) is 0 Å². The van der Waals surface area contributed by atoms with Crippen LogP contribution >= 0.6 is 0 Å². The minimum absolute atomic E-state index is 0.147. The summed E-state index contributed by atoms with van der Waals surface area (Å²) in [6.07, 6.45) is 11.4. The Morgan fingerprint density at radius 1 is 1.00 bits per heavy atom. The van der Waals surface area contributed by atoms with E-state index in [2.05, 4.69) is 62.6 Å². The average molecular weight is 564 g/mol. The van der Waals surface area contributed by atoms with Gasteiger partial charge in [0, 0.05) is 0 Å². The van der Waals surface area contributed by atoms with Crippen molar-refractivity contribution in [2.45, 2.75) is 116 Å². The van der Waals surface area contributed by atoms with Crippen molar-refractivity contribution in [1.29, 1.82) is 0 Å². The van der Waals surface area contributed by atoms with Crippen LogP contribution in [0.4, 0.5) is 4.79 Å². The summed E-state index contributed by atoms with van der Waals surface area (Å²) < 4.78 is 10.4. The first-order chi connectivity index (χ1) is 15.7. The second kappa shape index (κ2) is 15.8. The van der Waals surface area contributed by atoms with Crippen LogP contribution in [0.25, 0.3) is 0 Å². The average Bonchev–Trinajstić information content (AvgIpc) is 2.78. The Morgan fingerprint density at radius 3 is 1.94 bits per heavy atom. The van der Waals surface area contributed by atoms with E-state index in [4.69, 9.17) is 4.74 Å². The van der Waals surface area contributed by atoms with Crippen molar-refractivity contribution in [1.82, 2.24) is 4.90 Å². The number of aryl methyl sites for hydroxylation is 1. The van der Waals surface area contributed by atoms with Crippen molar-refractivity contribution in [2.75, 3.05) is 6.54 Å². The molecule has 0 bridgehead atoms. The van der Waals surface area contributed by atoms with Crippen molar-refractivity contribution in [3.63, 3.8) is 0 Å². The first kappa shape index (κ1) is 30.1. The number of benzene rings is 1. The molecule has 33 heavy (non-hydrogen) atoms. The van der Waals surface area contributed by atoms with E-state index in [1.807, 2.05) is 26.8 Å². The van der Waals surface area contributed by atoms with Crippen LogP contribution in [0, 0.1) is 0 Å². The van der Waals surface area contributed by atoms with E-state index in [1.165, 1.54) is 57.4 Å². The molecule has 0 radical (unpaired) electrons. The van der Waals surface area contributed by atoms with Gasteiger partial charge in [-0.05, 0) is 0 Å². The topological polar surface area (TPSA) is 29.5 Å². The fourth-order valence-electron chi connectivity index (χ4n) is 4.99. The molecule has 0 aliphatic rings. The van der Waals surface area contributed by atoms with Crippen LogP contribution in [0.1, 0.15) is 92.1 Å². The maximum atomic E-state index is 13.6. The van der Waals surface area contributed by atoms with Crippen LogP contribution in [-0.4, -0.2) is 45.6 Å². The Labute approximate surface area is 209 Å². The van der Waals surface area contributed by atoms with Gasteiger partial charge in [-0.3, -0.25) is 0 Å². The molecular formula is C29H51NO2Sn. The molecule has 0 saturated heterocycles. The fraction of sp³-hybridized carbons (Fsp3) is 0.690. The van der Waals surface area contributed by atoms with Gasteiger partial charge in [0.2, 0.25) is 0 Å². The second-order valence-electron chi connectivity index (χ2n) is 10.6. The van der Waals surface area contributed by atoms with E-state index in [0.717, 1.165) is 12.8 Å². The zero-order valence-electron chi connectivity index (χ0n) is 22.5. The van der Waals surface area contributed by atoms with E-state index >= 15 is 0 Å². The quantitative estimate of drug-likeness (QED) is 0.148. The Hall–Kier alpha value is -0.971. The van der Waals surface area contributed by atoms with Crippen molar-refractivity contribution >= 4 is 24.5 Å². The van der Waals surface area contributed by atoms with E-state index in [1.54, 1.807) is 0 Å². The minimum atomic E-state index is -2.78. The SMILES string of the molecule is C=CCN(C(=O)OC(C)(C)C)[C@@H](CCc1ccccc1)[Sn]([CH2]CCC)([CH2]CCC)[CH2]CCC. The van der Waals surface area contributed by atoms with Gasteiger partial charge in [-0.2, -0.15) is 0 Å². The van der Waals surface area contributed by atoms with Gasteiger partial charge in [-0.25, -0.2) is 0 Å². The molecule has 0 aliphatic carbocycles. The van der Waals surface area contributed by atoms with Gasteiger partial charge in [-0.1, -0.05) is 0 Å². The van der Waals surface area contributed by atoms with Crippen molar-refractivity contribution in [3.05, 3.63) is 48.6 Å². The zero-order chi connectivity index (χ0) is 24.7. The summed E-state index contributed by atoms with van der Waals surface area (Å²) in [4.78, 5) is 15.7. The number of unbranched alkanes of at least 4 members (excludes halogenated alkanes) is 3. The molecular weight excluding hydrogens is 513 g/mol. The van der Waals surface area contributed by atoms with Gasteiger partial charge in [0.15, 0.2) is 0 Å². The summed E-state index contributed by atoms with van der Waals surface area (Å²) in [5.74, 6) is 0. The third kappa shape index (κ3) is 10.9. The Bertz CT molecular complexity index is 646. The van der Waals surface area contributed by atoms with Gasteiger partial charge < -0.3 is 0 Å². The fourth-order valence-corrected chi connectivity index (χ4v) is 23.7. The predicted molar refractivity (Wildman–Crippen MR) is 147 cm³/mol. The van der Waals surface area contributed by atoms with Crippen LogP contribution in [0.3, 0.4) is 0 Å². The van der Waals surface area contributed by atoms with Crippen molar-refractivity contribution in [3.8, 4) is 0 Å². The molecule has 1 aromatic carbocycles. The van der Waals surface area contributed by atoms with Crippen LogP contribution in [0.5, 0.6) is 0 Å². The van der Waals surface area contributed by atoms with Crippen LogP contribution < -0.4 is 0 Å². The van der Waals surface area contributed by atoms with Crippen molar-refractivity contribution < 1.29 is 9.53 Å². The maximum absolute atomic E-state index is 13.6. The molecule has 1 aromatic rings. The molecule has 0 spiro atoms. The standard InChI is InChI=1S/C17H24NO2.3C4H9.Sn/c1-5-13-18(16(19)20-17(2,3)4)14-9-12-15-10-7-6-8-11-15;3*1-3-4-2;/h5-8,10-11,14H,1,9,12-13H2,2-4H3;3*1,3-4H2,2H3;. The first-order valence-corrected chi connectivity index (χ1v) is 21.1. The molecule has 1 atom stereocenters. The van der Waals surface area contributed by atoms with Gasteiger partial charge in [0.25, 0.3) is 0 Å². The molecule has 4 heteroatoms. The number of carbonyl (C=O) groups excluding carboxylic acids is 1. The molecule has 0 fully saturated rings. The molecule has 1 rings (SSSR count). The second-order valence-corrected chi connectivity index (χ2v) is 24.6. The Morgan fingerprint density at radius 2 is 1.52 bits per heavy atom. The molecule has 1 amide bonds. The van der Waals surface area contributed by atoms with Crippen LogP contribution in [0.15, 0.2) is 43.0 Å². The number of hydrogen-bond acceptors (Lipinski definition) is 2. The Balaban J connectivity index is 3.47. The third-order valence-corrected chi connectivity index (χ3v) is 24.0. The monoisotopic (exact) mass is 565 g/mol. The van der Waals surface area contributed by atoms with E-state index in [9.17, 15) is 4.79 Å². The zero-order valence-corrected chi connectivity index (χ0v) is 25.4. The molecule has 3 nitrogen and oxygen atoms in total. The van der Waals surface area contributed by atoms with E-state index in [-0.39, 0.29) is 6.09 Å². The van der Waals surface area contributed by atoms with E-state index in [0.29, 0.717) is 10.6 Å². The number of hydrogen-bond donors (Lipinski definition) is 0. The van der Waals surface area contributed by atoms with Gasteiger partial charge >= 0.3 is 210 Å². The molecule has 0 N–H and O–H groups in total. The summed E-state index contributed by atoms with van der Waals surface area (Å²) in [6, 6.07) is 10.8. The Kier molecular flexibility index (Phi) is 14.4. The van der Waals surface area contributed by atoms with E-state index < -0.39 is 24.0 Å². The van der Waals surface area contributed by atoms with Gasteiger partial charge in [0.1, 0.15) is 0 Å². The molecule has 0 unspecified atom stereocenters. The number of amides is 1. The summed E-state index contributed by atoms with van der Waals surface area (Å²) >= 11 is -2.78. The number of carbonyl (C=O) groups is 1. The molecule has 0 saturated carbocycles. The summed E-state index contributed by atoms with van der Waals surface area (Å²) in [7, 11) is 0. The number of ether oxygens (including phenoxy) is 1. The predicted octanol–water partition coefficient (Wildman–Crippen LogP) is 8.80. The number of rotatable bonds is 16. The molecule has 0 heterocycles. The summed E-state index contributed by atoms with van der Waals surface area (Å²) in [5.41, 5.74) is 0.876. The number of nitrogens with zero attached hydrogens (tertiary/aromatic N) is 1. The normalized spacial score (nSPS) is 12.9. The van der Waals surface area contributed by atoms with Gasteiger partial charge in [0.05, 0.1) is 0 Å². The van der Waals surface area contributed by atoms with Crippen molar-refractivity contribution in [2.24, 2.45) is 0 Å². The molecule has 188 valence electrons. The summed E-state index contributed by atoms with van der Waals surface area (Å²) in [6.45, 7) is 17.4. The van der Waals surface area contributed by atoms with Crippen LogP contribution in [0.2, 0.25) is 13.3 Å². The summed E-state index contributed by atoms with van der Waals surface area (Å²) in [5, 5.41) is 0. The molecule has 0 aliphatic heterocycles. The van der Waals surface area contributed by atoms with Crippen LogP contribution in [-0.2, 0) is 11.2 Å². The molecule has 0 aromatic heterocycles. The third-order valence-electron chi connectivity index (χ3n) is 6.67.